The van der Waals surface area contributed by atoms with E-state index in [1.54, 1.807) is 0 Å². The molecule has 0 saturated heterocycles. The molecule has 2 aliphatic rings. The third kappa shape index (κ3) is 2.86. The first-order chi connectivity index (χ1) is 8.44. The number of carboxylic acid groups (broad SMARTS) is 1. The van der Waals surface area contributed by atoms with E-state index in [1.165, 1.54) is 12.8 Å². The number of hydrogen-bond acceptors (Lipinski definition) is 3. The molecule has 0 spiro atoms. The lowest BCUT2D eigenvalue weighted by molar-refractivity contribution is -0.147. The summed E-state index contributed by atoms with van der Waals surface area (Å²) < 4.78 is 0. The van der Waals surface area contributed by atoms with Gasteiger partial charge in [0.05, 0.1) is 0 Å². The molecule has 2 fully saturated rings. The van der Waals surface area contributed by atoms with Crippen molar-refractivity contribution in [3.05, 3.63) is 0 Å². The van der Waals surface area contributed by atoms with Gasteiger partial charge in [0.1, 0.15) is 5.54 Å². The van der Waals surface area contributed by atoms with Crippen LogP contribution in [0.4, 0.5) is 0 Å². The zero-order valence-corrected chi connectivity index (χ0v) is 11.8. The Labute approximate surface area is 110 Å². The second kappa shape index (κ2) is 5.17. The van der Waals surface area contributed by atoms with Crippen LogP contribution in [0.5, 0.6) is 0 Å². The fourth-order valence-electron chi connectivity index (χ4n) is 3.31. The molecule has 2 unspecified atom stereocenters. The van der Waals surface area contributed by atoms with Gasteiger partial charge in [-0.25, -0.2) is 0 Å². The highest BCUT2D eigenvalue weighted by molar-refractivity contribution is 5.79. The van der Waals surface area contributed by atoms with Crippen LogP contribution in [0.25, 0.3) is 0 Å². The van der Waals surface area contributed by atoms with E-state index < -0.39 is 11.5 Å². The standard InChI is InChI=1S/C14H26N2O2/c1-10(2)15-14(13(17)18)8-4-5-12(9-14)16(3)11-6-7-11/h10-12,15H,4-9H2,1-3H3,(H,17,18). The molecule has 104 valence electrons. The number of rotatable bonds is 5. The average Bonchev–Trinajstić information content (AvgIpc) is 3.11. The van der Waals surface area contributed by atoms with Crippen LogP contribution in [0.1, 0.15) is 52.4 Å². The van der Waals surface area contributed by atoms with Crippen LogP contribution in [0, 0.1) is 0 Å². The Balaban J connectivity index is 2.07. The van der Waals surface area contributed by atoms with Gasteiger partial charge in [0.2, 0.25) is 0 Å². The number of carbonyl (C=O) groups is 1. The summed E-state index contributed by atoms with van der Waals surface area (Å²) in [6.45, 7) is 4.05. The molecule has 0 aliphatic heterocycles. The van der Waals surface area contributed by atoms with E-state index in [1.807, 2.05) is 13.8 Å². The maximum atomic E-state index is 11.7. The van der Waals surface area contributed by atoms with Crippen molar-refractivity contribution in [2.45, 2.75) is 76.0 Å². The number of hydrogen-bond donors (Lipinski definition) is 2. The first-order valence-corrected chi connectivity index (χ1v) is 7.17. The summed E-state index contributed by atoms with van der Waals surface area (Å²) in [5, 5.41) is 12.9. The molecule has 2 rings (SSSR count). The second-order valence-electron chi connectivity index (χ2n) is 6.33. The number of aliphatic carboxylic acids is 1. The monoisotopic (exact) mass is 254 g/mol. The quantitative estimate of drug-likeness (QED) is 0.786. The molecule has 0 heterocycles. The molecule has 0 radical (unpaired) electrons. The van der Waals surface area contributed by atoms with Crippen molar-refractivity contribution in [2.24, 2.45) is 0 Å². The van der Waals surface area contributed by atoms with Gasteiger partial charge in [-0.05, 0) is 59.4 Å². The predicted octanol–water partition coefficient (Wildman–Crippen LogP) is 1.84. The second-order valence-corrected chi connectivity index (χ2v) is 6.33. The lowest BCUT2D eigenvalue weighted by Crippen LogP contribution is -2.59. The molecule has 4 nitrogen and oxygen atoms in total. The number of carboxylic acids is 1. The van der Waals surface area contributed by atoms with Crippen molar-refractivity contribution in [1.29, 1.82) is 0 Å². The van der Waals surface area contributed by atoms with Gasteiger partial charge in [0.25, 0.3) is 0 Å². The fourth-order valence-corrected chi connectivity index (χ4v) is 3.31. The molecule has 0 aromatic carbocycles. The summed E-state index contributed by atoms with van der Waals surface area (Å²) >= 11 is 0. The minimum atomic E-state index is -0.708. The van der Waals surface area contributed by atoms with E-state index in [-0.39, 0.29) is 6.04 Å². The summed E-state index contributed by atoms with van der Waals surface area (Å²) in [7, 11) is 2.16. The van der Waals surface area contributed by atoms with Crippen molar-refractivity contribution >= 4 is 5.97 Å². The van der Waals surface area contributed by atoms with Crippen LogP contribution < -0.4 is 5.32 Å². The molecule has 0 aromatic heterocycles. The van der Waals surface area contributed by atoms with Crippen LogP contribution in [0.15, 0.2) is 0 Å². The third-order valence-corrected chi connectivity index (χ3v) is 4.40. The Kier molecular flexibility index (Phi) is 3.97. The van der Waals surface area contributed by atoms with Crippen molar-refractivity contribution in [3.63, 3.8) is 0 Å². The third-order valence-electron chi connectivity index (χ3n) is 4.40. The number of nitrogens with one attached hydrogen (secondary N) is 1. The molecule has 0 bridgehead atoms. The minimum absolute atomic E-state index is 0.214. The Hall–Kier alpha value is -0.610. The van der Waals surface area contributed by atoms with E-state index in [0.717, 1.165) is 25.7 Å². The van der Waals surface area contributed by atoms with Gasteiger partial charge in [0, 0.05) is 18.1 Å². The summed E-state index contributed by atoms with van der Waals surface area (Å²) in [6, 6.07) is 1.35. The van der Waals surface area contributed by atoms with E-state index in [9.17, 15) is 9.90 Å². The summed E-state index contributed by atoms with van der Waals surface area (Å²) in [5.74, 6) is -0.676. The zero-order valence-electron chi connectivity index (χ0n) is 11.8. The van der Waals surface area contributed by atoms with Crippen molar-refractivity contribution < 1.29 is 9.90 Å². The predicted molar refractivity (Wildman–Crippen MR) is 71.7 cm³/mol. The molecule has 18 heavy (non-hydrogen) atoms. The first kappa shape index (κ1) is 13.8. The molecular formula is C14H26N2O2. The van der Waals surface area contributed by atoms with Crippen LogP contribution in [0.2, 0.25) is 0 Å². The van der Waals surface area contributed by atoms with Crippen molar-refractivity contribution in [2.75, 3.05) is 7.05 Å². The molecule has 2 atom stereocenters. The summed E-state index contributed by atoms with van der Waals surface area (Å²) in [4.78, 5) is 14.1. The lowest BCUT2D eigenvalue weighted by atomic mass is 9.78. The molecule has 2 N–H and O–H groups in total. The molecular weight excluding hydrogens is 228 g/mol. The Morgan fingerprint density at radius 1 is 1.33 bits per heavy atom. The SMILES string of the molecule is CC(C)NC1(C(=O)O)CCCC(N(C)C2CC2)C1. The number of nitrogens with zero attached hydrogens (tertiary/aromatic N) is 1. The molecule has 2 saturated carbocycles. The van der Waals surface area contributed by atoms with E-state index in [2.05, 4.69) is 17.3 Å². The summed E-state index contributed by atoms with van der Waals surface area (Å²) in [5.41, 5.74) is -0.708. The maximum absolute atomic E-state index is 11.7. The Bertz CT molecular complexity index is 315. The van der Waals surface area contributed by atoms with Gasteiger partial charge in [-0.1, -0.05) is 0 Å². The van der Waals surface area contributed by atoms with Crippen LogP contribution in [-0.2, 0) is 4.79 Å². The highest BCUT2D eigenvalue weighted by Crippen LogP contribution is 2.36. The maximum Gasteiger partial charge on any atom is 0.323 e. The van der Waals surface area contributed by atoms with E-state index >= 15 is 0 Å². The first-order valence-electron chi connectivity index (χ1n) is 7.17. The molecule has 2 aliphatic carbocycles. The van der Waals surface area contributed by atoms with Crippen molar-refractivity contribution in [1.82, 2.24) is 10.2 Å². The van der Waals surface area contributed by atoms with Crippen molar-refractivity contribution in [3.8, 4) is 0 Å². The molecule has 0 aromatic rings. The van der Waals surface area contributed by atoms with Gasteiger partial charge in [-0.15, -0.1) is 0 Å². The topological polar surface area (TPSA) is 52.6 Å². The zero-order chi connectivity index (χ0) is 13.3. The van der Waals surface area contributed by atoms with Gasteiger partial charge >= 0.3 is 5.97 Å². The minimum Gasteiger partial charge on any atom is -0.480 e. The van der Waals surface area contributed by atoms with Gasteiger partial charge in [-0.2, -0.15) is 0 Å². The van der Waals surface area contributed by atoms with E-state index in [4.69, 9.17) is 0 Å². The Morgan fingerprint density at radius 2 is 2.00 bits per heavy atom. The molecule has 0 amide bonds. The van der Waals surface area contributed by atoms with Crippen LogP contribution in [0.3, 0.4) is 0 Å². The van der Waals surface area contributed by atoms with Gasteiger partial charge in [0.15, 0.2) is 0 Å². The molecule has 4 heteroatoms. The smallest absolute Gasteiger partial charge is 0.323 e. The lowest BCUT2D eigenvalue weighted by Gasteiger charge is -2.42. The Morgan fingerprint density at radius 3 is 2.50 bits per heavy atom. The highest BCUT2D eigenvalue weighted by atomic mass is 16.4. The van der Waals surface area contributed by atoms with Crippen LogP contribution >= 0.6 is 0 Å². The normalized spacial score (nSPS) is 33.1. The average molecular weight is 254 g/mol. The van der Waals surface area contributed by atoms with Gasteiger partial charge < -0.3 is 10.0 Å². The largest absolute Gasteiger partial charge is 0.480 e. The van der Waals surface area contributed by atoms with Crippen LogP contribution in [-0.4, -0.2) is 46.7 Å². The summed E-state index contributed by atoms with van der Waals surface area (Å²) in [6.07, 6.45) is 6.22. The highest BCUT2D eigenvalue weighted by Gasteiger charge is 2.45. The van der Waals surface area contributed by atoms with E-state index in [0.29, 0.717) is 12.1 Å². The van der Waals surface area contributed by atoms with Gasteiger partial charge in [-0.3, -0.25) is 10.1 Å². The fraction of sp³-hybridized carbons (Fsp3) is 0.929.